The summed E-state index contributed by atoms with van der Waals surface area (Å²) in [6.07, 6.45) is 1.16. The van der Waals surface area contributed by atoms with Gasteiger partial charge in [0.05, 0.1) is 9.82 Å². The van der Waals surface area contributed by atoms with Gasteiger partial charge < -0.3 is 10.1 Å². The van der Waals surface area contributed by atoms with Crippen LogP contribution in [-0.2, 0) is 24.3 Å². The van der Waals surface area contributed by atoms with E-state index in [4.69, 9.17) is 9.88 Å². The maximum atomic E-state index is 12.1. The van der Waals surface area contributed by atoms with Crippen LogP contribution < -0.4 is 10.5 Å². The highest BCUT2D eigenvalue weighted by Crippen LogP contribution is 2.16. The van der Waals surface area contributed by atoms with Gasteiger partial charge in [0, 0.05) is 23.9 Å². The molecule has 3 N–H and O–H groups in total. The van der Waals surface area contributed by atoms with Crippen molar-refractivity contribution in [1.29, 1.82) is 0 Å². The lowest BCUT2D eigenvalue weighted by Gasteiger charge is -2.12. The number of carbonyl (C=O) groups is 2. The van der Waals surface area contributed by atoms with Crippen LogP contribution in [0.25, 0.3) is 6.08 Å². The maximum Gasteiger partial charge on any atom is 0.331 e. The Hall–Kier alpha value is -3.57. The molecule has 0 heterocycles. The number of nitrogens with zero attached hydrogens (tertiary/aromatic N) is 1. The van der Waals surface area contributed by atoms with Crippen LogP contribution in [0.15, 0.2) is 59.5 Å². The standard InChI is InChI=1S/C18H17N3O7S/c1-12(18(23)20-14-5-3-7-16(11-14)29(19,26)27)28-17(22)9-8-13-4-2-6-15(10-13)21(24)25/h2-12H,1H3,(H,20,23)(H2,19,26,27)/b9-8+. The Balaban J connectivity index is 1.98. The number of hydrogen-bond donors (Lipinski definition) is 2. The molecule has 2 aromatic rings. The summed E-state index contributed by atoms with van der Waals surface area (Å²) in [5, 5.41) is 18.2. The third-order valence-electron chi connectivity index (χ3n) is 3.59. The number of anilines is 1. The molecular formula is C18H17N3O7S. The summed E-state index contributed by atoms with van der Waals surface area (Å²) in [7, 11) is -3.93. The average molecular weight is 419 g/mol. The van der Waals surface area contributed by atoms with Crippen LogP contribution in [0.5, 0.6) is 0 Å². The van der Waals surface area contributed by atoms with E-state index in [9.17, 15) is 28.1 Å². The number of nitrogens with two attached hydrogens (primary N) is 1. The van der Waals surface area contributed by atoms with Crippen molar-refractivity contribution in [3.8, 4) is 0 Å². The number of carbonyl (C=O) groups excluding carboxylic acids is 2. The first-order valence-corrected chi connectivity index (χ1v) is 9.68. The number of sulfonamides is 1. The molecule has 0 spiro atoms. The molecule has 0 aromatic heterocycles. The van der Waals surface area contributed by atoms with E-state index in [0.717, 1.165) is 6.08 Å². The molecule has 0 radical (unpaired) electrons. The fraction of sp³-hybridized carbons (Fsp3) is 0.111. The van der Waals surface area contributed by atoms with Gasteiger partial charge in [0.25, 0.3) is 11.6 Å². The molecule has 1 amide bonds. The highest BCUT2D eigenvalue weighted by Gasteiger charge is 2.17. The van der Waals surface area contributed by atoms with Crippen molar-refractivity contribution in [2.75, 3.05) is 5.32 Å². The molecule has 0 aliphatic heterocycles. The van der Waals surface area contributed by atoms with Crippen molar-refractivity contribution in [2.24, 2.45) is 5.14 Å². The van der Waals surface area contributed by atoms with Crippen LogP contribution in [0.2, 0.25) is 0 Å². The van der Waals surface area contributed by atoms with E-state index in [1.165, 1.54) is 55.5 Å². The first-order chi connectivity index (χ1) is 13.6. The van der Waals surface area contributed by atoms with E-state index in [0.29, 0.717) is 5.56 Å². The van der Waals surface area contributed by atoms with Gasteiger partial charge in [0.2, 0.25) is 10.0 Å². The molecule has 0 aliphatic carbocycles. The van der Waals surface area contributed by atoms with Gasteiger partial charge in [-0.15, -0.1) is 0 Å². The molecule has 0 aliphatic rings. The molecule has 29 heavy (non-hydrogen) atoms. The summed E-state index contributed by atoms with van der Waals surface area (Å²) in [6.45, 7) is 1.33. The highest BCUT2D eigenvalue weighted by molar-refractivity contribution is 7.89. The van der Waals surface area contributed by atoms with Crippen molar-refractivity contribution in [3.05, 3.63) is 70.3 Å². The number of primary sulfonamides is 1. The topological polar surface area (TPSA) is 159 Å². The van der Waals surface area contributed by atoms with Crippen molar-refractivity contribution in [2.45, 2.75) is 17.9 Å². The van der Waals surface area contributed by atoms with Gasteiger partial charge in [-0.05, 0) is 36.8 Å². The summed E-state index contributed by atoms with van der Waals surface area (Å²) in [4.78, 5) is 34.0. The number of ether oxygens (including phenoxy) is 1. The predicted octanol–water partition coefficient (Wildman–Crippen LogP) is 1.83. The molecule has 10 nitrogen and oxygen atoms in total. The number of esters is 1. The zero-order valence-corrected chi connectivity index (χ0v) is 16.0. The Kier molecular flexibility index (Phi) is 6.80. The van der Waals surface area contributed by atoms with Crippen LogP contribution in [0.4, 0.5) is 11.4 Å². The fourth-order valence-corrected chi connectivity index (χ4v) is 2.73. The lowest BCUT2D eigenvalue weighted by Crippen LogP contribution is -2.29. The lowest BCUT2D eigenvalue weighted by molar-refractivity contribution is -0.384. The molecule has 1 unspecified atom stereocenters. The fourth-order valence-electron chi connectivity index (χ4n) is 2.17. The number of hydrogen-bond acceptors (Lipinski definition) is 7. The maximum absolute atomic E-state index is 12.1. The Labute approximate surface area is 166 Å². The Morgan fingerprint density at radius 2 is 1.90 bits per heavy atom. The molecule has 0 saturated carbocycles. The van der Waals surface area contributed by atoms with Crippen molar-refractivity contribution in [3.63, 3.8) is 0 Å². The minimum absolute atomic E-state index is 0.130. The van der Waals surface area contributed by atoms with Crippen LogP contribution in [0.3, 0.4) is 0 Å². The third-order valence-corrected chi connectivity index (χ3v) is 4.50. The molecule has 2 rings (SSSR count). The SMILES string of the molecule is CC(OC(=O)/C=C/c1cccc([N+](=O)[O-])c1)C(=O)Nc1cccc(S(N)(=O)=O)c1. The van der Waals surface area contributed by atoms with Crippen molar-refractivity contribution >= 4 is 39.4 Å². The van der Waals surface area contributed by atoms with E-state index >= 15 is 0 Å². The van der Waals surface area contributed by atoms with E-state index in [1.54, 1.807) is 6.07 Å². The van der Waals surface area contributed by atoms with Crippen molar-refractivity contribution < 1.29 is 27.7 Å². The van der Waals surface area contributed by atoms with Gasteiger partial charge in [0.15, 0.2) is 6.10 Å². The summed E-state index contributed by atoms with van der Waals surface area (Å²) in [6, 6.07) is 10.9. The Morgan fingerprint density at radius 1 is 1.21 bits per heavy atom. The lowest BCUT2D eigenvalue weighted by atomic mass is 10.2. The number of rotatable bonds is 7. The zero-order chi connectivity index (χ0) is 21.6. The predicted molar refractivity (Wildman–Crippen MR) is 104 cm³/mol. The first-order valence-electron chi connectivity index (χ1n) is 8.13. The first kappa shape index (κ1) is 21.7. The molecule has 0 bridgehead atoms. The van der Waals surface area contributed by atoms with Gasteiger partial charge >= 0.3 is 5.97 Å². The minimum atomic E-state index is -3.93. The van der Waals surface area contributed by atoms with Crippen LogP contribution in [0, 0.1) is 10.1 Å². The van der Waals surface area contributed by atoms with E-state index in [-0.39, 0.29) is 16.3 Å². The summed E-state index contributed by atoms with van der Waals surface area (Å²) < 4.78 is 27.7. The number of nitro benzene ring substituents is 1. The smallest absolute Gasteiger partial charge is 0.331 e. The molecular weight excluding hydrogens is 402 g/mol. The van der Waals surface area contributed by atoms with Crippen molar-refractivity contribution in [1.82, 2.24) is 0 Å². The average Bonchev–Trinajstić information content (AvgIpc) is 2.66. The third kappa shape index (κ3) is 6.52. The number of nitro groups is 1. The number of benzene rings is 2. The number of non-ortho nitro benzene ring substituents is 1. The second kappa shape index (κ2) is 9.08. The molecule has 11 heteroatoms. The summed E-state index contributed by atoms with van der Waals surface area (Å²) >= 11 is 0. The van der Waals surface area contributed by atoms with E-state index < -0.39 is 32.9 Å². The molecule has 2 aromatic carbocycles. The summed E-state index contributed by atoms with van der Waals surface area (Å²) in [5.74, 6) is -1.52. The van der Waals surface area contributed by atoms with E-state index in [2.05, 4.69) is 5.32 Å². The normalized spacial score (nSPS) is 12.3. The molecule has 0 fully saturated rings. The second-order valence-electron chi connectivity index (χ2n) is 5.83. The van der Waals surface area contributed by atoms with Crippen LogP contribution in [-0.4, -0.2) is 31.3 Å². The quantitative estimate of drug-likeness (QED) is 0.300. The van der Waals surface area contributed by atoms with Gasteiger partial charge in [-0.2, -0.15) is 0 Å². The number of nitrogens with one attached hydrogen (secondary N) is 1. The minimum Gasteiger partial charge on any atom is -0.449 e. The molecule has 152 valence electrons. The molecule has 0 saturated heterocycles. The Morgan fingerprint density at radius 3 is 2.55 bits per heavy atom. The number of amides is 1. The zero-order valence-electron chi connectivity index (χ0n) is 15.1. The Bertz CT molecular complexity index is 1080. The second-order valence-corrected chi connectivity index (χ2v) is 7.39. The van der Waals surface area contributed by atoms with Gasteiger partial charge in [-0.25, -0.2) is 18.4 Å². The van der Waals surface area contributed by atoms with Gasteiger partial charge in [0.1, 0.15) is 0 Å². The van der Waals surface area contributed by atoms with Crippen LogP contribution in [0.1, 0.15) is 12.5 Å². The molecule has 1 atom stereocenters. The monoisotopic (exact) mass is 419 g/mol. The largest absolute Gasteiger partial charge is 0.449 e. The van der Waals surface area contributed by atoms with Gasteiger partial charge in [-0.3, -0.25) is 14.9 Å². The van der Waals surface area contributed by atoms with E-state index in [1.807, 2.05) is 0 Å². The summed E-state index contributed by atoms with van der Waals surface area (Å²) in [5.41, 5.74) is 0.444. The van der Waals surface area contributed by atoms with Gasteiger partial charge in [-0.1, -0.05) is 18.2 Å². The van der Waals surface area contributed by atoms with Crippen LogP contribution >= 0.6 is 0 Å². The highest BCUT2D eigenvalue weighted by atomic mass is 32.2.